The minimum Gasteiger partial charge on any atom is -0.266 e. The third-order valence-electron chi connectivity index (χ3n) is 3.61. The lowest BCUT2D eigenvalue weighted by atomic mass is 10.0. The number of benzene rings is 1. The average molecular weight is 413 g/mol. The van der Waals surface area contributed by atoms with E-state index in [9.17, 15) is 22.1 Å². The molecule has 0 radical (unpaired) electrons. The summed E-state index contributed by atoms with van der Waals surface area (Å²) in [6, 6.07) is 9.53. The minimum atomic E-state index is -4.41. The standard InChI is InChI=1S/C16H16N2O5S3/c1-11-6-4-5-7-13(11)14(10-17)15-8-9-16(24-15)18-23-26(21,22)12(2)25(3,19)20/h4-9,12H,1-3H3/b15-14+,18-16?. The molecule has 0 saturated carbocycles. The first-order valence-electron chi connectivity index (χ1n) is 7.32. The molecule has 1 aliphatic heterocycles. The van der Waals surface area contributed by atoms with Gasteiger partial charge in [-0.05, 0) is 37.1 Å². The predicted octanol–water partition coefficient (Wildman–Crippen LogP) is 2.58. The number of allylic oxidation sites excluding steroid dienone is 2. The predicted molar refractivity (Wildman–Crippen MR) is 102 cm³/mol. The Hall–Kier alpha value is -2.09. The first-order valence-corrected chi connectivity index (χ1v) is 11.6. The van der Waals surface area contributed by atoms with Crippen LogP contribution in [0.2, 0.25) is 0 Å². The normalized spacial score (nSPS) is 19.2. The zero-order chi connectivity index (χ0) is 19.5. The fraction of sp³-hybridized carbons (Fsp3) is 0.250. The largest absolute Gasteiger partial charge is 0.345 e. The molecule has 0 aromatic heterocycles. The van der Waals surface area contributed by atoms with E-state index in [2.05, 4.69) is 15.5 Å². The molecule has 2 rings (SSSR count). The van der Waals surface area contributed by atoms with Crippen LogP contribution in [-0.2, 0) is 24.2 Å². The van der Waals surface area contributed by atoms with Crippen LogP contribution in [0.3, 0.4) is 0 Å². The van der Waals surface area contributed by atoms with Crippen LogP contribution >= 0.6 is 11.8 Å². The van der Waals surface area contributed by atoms with E-state index in [0.717, 1.165) is 36.1 Å². The van der Waals surface area contributed by atoms with E-state index in [1.165, 1.54) is 6.08 Å². The van der Waals surface area contributed by atoms with Crippen molar-refractivity contribution in [1.29, 1.82) is 5.26 Å². The first-order chi connectivity index (χ1) is 12.1. The summed E-state index contributed by atoms with van der Waals surface area (Å²) in [6.07, 6.45) is 3.93. The lowest BCUT2D eigenvalue weighted by molar-refractivity contribution is 0.339. The van der Waals surface area contributed by atoms with E-state index in [4.69, 9.17) is 0 Å². The van der Waals surface area contributed by atoms with Gasteiger partial charge in [-0.2, -0.15) is 13.7 Å². The van der Waals surface area contributed by atoms with Gasteiger partial charge in [0.1, 0.15) is 11.1 Å². The van der Waals surface area contributed by atoms with Crippen molar-refractivity contribution >= 4 is 42.3 Å². The van der Waals surface area contributed by atoms with Crippen LogP contribution in [0.4, 0.5) is 0 Å². The van der Waals surface area contributed by atoms with Crippen LogP contribution in [-0.4, -0.2) is 32.7 Å². The minimum absolute atomic E-state index is 0.200. The highest BCUT2D eigenvalue weighted by atomic mass is 32.3. The van der Waals surface area contributed by atoms with E-state index in [1.807, 2.05) is 31.2 Å². The molecule has 0 saturated heterocycles. The van der Waals surface area contributed by atoms with Crippen LogP contribution in [0.15, 0.2) is 46.5 Å². The van der Waals surface area contributed by atoms with E-state index in [1.54, 1.807) is 6.08 Å². The third kappa shape index (κ3) is 4.55. The van der Waals surface area contributed by atoms with Crippen molar-refractivity contribution in [1.82, 2.24) is 0 Å². The Balaban J connectivity index is 2.26. The first kappa shape index (κ1) is 20.2. The van der Waals surface area contributed by atoms with Gasteiger partial charge in [0.2, 0.25) is 0 Å². The summed E-state index contributed by atoms with van der Waals surface area (Å²) in [5.41, 5.74) is 2.13. The van der Waals surface area contributed by atoms with E-state index in [-0.39, 0.29) is 5.04 Å². The third-order valence-corrected chi connectivity index (χ3v) is 8.64. The smallest absolute Gasteiger partial charge is 0.266 e. The molecule has 1 aromatic rings. The molecule has 138 valence electrons. The van der Waals surface area contributed by atoms with Gasteiger partial charge in [-0.15, -0.1) is 0 Å². The number of thioether (sulfide) groups is 1. The summed E-state index contributed by atoms with van der Waals surface area (Å²) in [7, 11) is -8.25. The fourth-order valence-corrected chi connectivity index (χ4v) is 4.98. The quantitative estimate of drug-likeness (QED) is 0.539. The Labute approximate surface area is 157 Å². The van der Waals surface area contributed by atoms with Crippen LogP contribution in [0.25, 0.3) is 5.57 Å². The van der Waals surface area contributed by atoms with Crippen LogP contribution in [0.5, 0.6) is 0 Å². The molecule has 1 atom stereocenters. The van der Waals surface area contributed by atoms with Crippen LogP contribution in [0, 0.1) is 18.3 Å². The Morgan fingerprint density at radius 2 is 1.88 bits per heavy atom. The Morgan fingerprint density at radius 3 is 2.46 bits per heavy atom. The lowest BCUT2D eigenvalue weighted by Crippen LogP contribution is -2.27. The Morgan fingerprint density at radius 1 is 1.23 bits per heavy atom. The molecule has 0 bridgehead atoms. The molecule has 0 amide bonds. The van der Waals surface area contributed by atoms with Gasteiger partial charge in [0.15, 0.2) is 14.4 Å². The van der Waals surface area contributed by atoms with Gasteiger partial charge in [0, 0.05) is 11.2 Å². The highest BCUT2D eigenvalue weighted by Crippen LogP contribution is 2.35. The van der Waals surface area contributed by atoms with Crippen molar-refractivity contribution in [3.8, 4) is 6.07 Å². The van der Waals surface area contributed by atoms with Gasteiger partial charge in [-0.1, -0.05) is 41.2 Å². The lowest BCUT2D eigenvalue weighted by Gasteiger charge is -2.08. The molecule has 0 aliphatic carbocycles. The monoisotopic (exact) mass is 412 g/mol. The molecule has 10 heteroatoms. The number of nitrogens with zero attached hydrogens (tertiary/aromatic N) is 2. The van der Waals surface area contributed by atoms with Crippen molar-refractivity contribution in [2.24, 2.45) is 5.16 Å². The second-order valence-electron chi connectivity index (χ2n) is 5.50. The summed E-state index contributed by atoms with van der Waals surface area (Å²) in [5.74, 6) is 0. The second kappa shape index (κ2) is 7.65. The van der Waals surface area contributed by atoms with Crippen LogP contribution in [0.1, 0.15) is 18.1 Å². The SMILES string of the molecule is Cc1ccccc1/C(C#N)=C1\C=CC(=NOS(=O)(=O)C(C)S(C)(=O)=O)S1. The van der Waals surface area contributed by atoms with Crippen molar-refractivity contribution in [2.45, 2.75) is 18.4 Å². The molecule has 7 nitrogen and oxygen atoms in total. The number of nitriles is 1. The van der Waals surface area contributed by atoms with Gasteiger partial charge in [-0.3, -0.25) is 4.28 Å². The molecule has 0 spiro atoms. The Bertz CT molecular complexity index is 1060. The van der Waals surface area contributed by atoms with Crippen molar-refractivity contribution in [3.63, 3.8) is 0 Å². The molecule has 0 N–H and O–H groups in total. The van der Waals surface area contributed by atoms with Crippen molar-refractivity contribution < 1.29 is 21.1 Å². The average Bonchev–Trinajstić information content (AvgIpc) is 3.03. The van der Waals surface area contributed by atoms with Crippen LogP contribution < -0.4 is 0 Å². The van der Waals surface area contributed by atoms with Gasteiger partial charge in [-0.25, -0.2) is 8.42 Å². The van der Waals surface area contributed by atoms with E-state index < -0.39 is 24.5 Å². The van der Waals surface area contributed by atoms with Crippen molar-refractivity contribution in [3.05, 3.63) is 52.4 Å². The summed E-state index contributed by atoms with van der Waals surface area (Å²) in [5, 5.41) is 13.2. The summed E-state index contributed by atoms with van der Waals surface area (Å²) in [6.45, 7) is 2.90. The molecule has 26 heavy (non-hydrogen) atoms. The molecular formula is C16H16N2O5S3. The topological polar surface area (TPSA) is 114 Å². The highest BCUT2D eigenvalue weighted by molar-refractivity contribution is 8.18. The Kier molecular flexibility index (Phi) is 5.95. The number of sulfone groups is 1. The van der Waals surface area contributed by atoms with Gasteiger partial charge in [0.05, 0.1) is 5.57 Å². The fourth-order valence-electron chi connectivity index (χ4n) is 1.98. The summed E-state index contributed by atoms with van der Waals surface area (Å²) < 4.78 is 49.2. The van der Waals surface area contributed by atoms with Gasteiger partial charge < -0.3 is 0 Å². The summed E-state index contributed by atoms with van der Waals surface area (Å²) >= 11 is 1.06. The number of hydrogen-bond acceptors (Lipinski definition) is 8. The summed E-state index contributed by atoms with van der Waals surface area (Å²) in [4.78, 5) is 0.595. The number of aryl methyl sites for hydroxylation is 1. The van der Waals surface area contributed by atoms with Gasteiger partial charge in [0.25, 0.3) is 0 Å². The van der Waals surface area contributed by atoms with E-state index in [0.29, 0.717) is 10.5 Å². The maximum atomic E-state index is 11.9. The van der Waals surface area contributed by atoms with E-state index >= 15 is 0 Å². The van der Waals surface area contributed by atoms with Gasteiger partial charge >= 0.3 is 10.1 Å². The molecule has 1 aromatic carbocycles. The zero-order valence-electron chi connectivity index (χ0n) is 14.2. The molecule has 1 aliphatic rings. The highest BCUT2D eigenvalue weighted by Gasteiger charge is 2.32. The molecular weight excluding hydrogens is 396 g/mol. The number of oxime groups is 1. The second-order valence-corrected chi connectivity index (χ2v) is 11.1. The maximum Gasteiger partial charge on any atom is 0.345 e. The molecule has 0 fully saturated rings. The maximum absolute atomic E-state index is 11.9. The molecule has 1 unspecified atom stereocenters. The number of hydrogen-bond donors (Lipinski definition) is 0. The van der Waals surface area contributed by atoms with Crippen molar-refractivity contribution in [2.75, 3.05) is 6.26 Å². The zero-order valence-corrected chi connectivity index (χ0v) is 16.7. The number of rotatable bonds is 5. The molecule has 1 heterocycles.